The number of amides is 1. The Kier molecular flexibility index (Phi) is 6.50. The number of aryl methyl sites for hydroxylation is 1. The molecule has 1 amide bonds. The molecule has 0 radical (unpaired) electrons. The number of nitrogens with one attached hydrogen (secondary N) is 1. The maximum atomic E-state index is 12.5. The Hall–Kier alpha value is -3.67. The fourth-order valence-corrected chi connectivity index (χ4v) is 3.76. The van der Waals surface area contributed by atoms with E-state index in [2.05, 4.69) is 53.8 Å². The first-order valence-electron chi connectivity index (χ1n) is 10.9. The van der Waals surface area contributed by atoms with Gasteiger partial charge in [-0.25, -0.2) is 4.98 Å². The molecule has 0 saturated carbocycles. The maximum absolute atomic E-state index is 12.5. The number of carbonyl (C=O) groups excluding carboxylic acids is 1. The van der Waals surface area contributed by atoms with Crippen LogP contribution in [0.1, 0.15) is 47.1 Å². The largest absolute Gasteiger partial charge is 0.491 e. The van der Waals surface area contributed by atoms with E-state index < -0.39 is 0 Å². The van der Waals surface area contributed by atoms with Crippen LogP contribution < -0.4 is 10.1 Å². The highest BCUT2D eigenvalue weighted by Gasteiger charge is 2.14. The van der Waals surface area contributed by atoms with Crippen molar-refractivity contribution >= 4 is 16.9 Å². The number of imidazole rings is 1. The number of aromatic nitrogens is 3. The Morgan fingerprint density at radius 3 is 2.66 bits per heavy atom. The van der Waals surface area contributed by atoms with Gasteiger partial charge in [-0.2, -0.15) is 0 Å². The van der Waals surface area contributed by atoms with Crippen molar-refractivity contribution in [2.45, 2.75) is 39.8 Å². The van der Waals surface area contributed by atoms with Crippen molar-refractivity contribution in [2.75, 3.05) is 6.61 Å². The van der Waals surface area contributed by atoms with Gasteiger partial charge in [-0.1, -0.05) is 38.1 Å². The zero-order chi connectivity index (χ0) is 22.5. The molecule has 0 unspecified atom stereocenters. The molecular weight excluding hydrogens is 400 g/mol. The molecule has 164 valence electrons. The number of hydrogen-bond donors (Lipinski definition) is 1. The monoisotopic (exact) mass is 428 g/mol. The fraction of sp³-hybridized carbons (Fsp3) is 0.269. The van der Waals surface area contributed by atoms with E-state index in [1.54, 1.807) is 24.5 Å². The second-order valence-electron chi connectivity index (χ2n) is 8.13. The molecule has 0 fully saturated rings. The summed E-state index contributed by atoms with van der Waals surface area (Å²) in [6, 6.07) is 17.7. The van der Waals surface area contributed by atoms with Crippen molar-refractivity contribution in [3.8, 4) is 5.75 Å². The number of pyridine rings is 1. The van der Waals surface area contributed by atoms with Gasteiger partial charge in [0.15, 0.2) is 0 Å². The lowest BCUT2D eigenvalue weighted by molar-refractivity contribution is 0.0949. The van der Waals surface area contributed by atoms with Crippen LogP contribution in [-0.2, 0) is 13.1 Å². The van der Waals surface area contributed by atoms with Crippen LogP contribution in [0.2, 0.25) is 0 Å². The van der Waals surface area contributed by atoms with E-state index in [0.717, 1.165) is 22.6 Å². The highest BCUT2D eigenvalue weighted by atomic mass is 16.5. The van der Waals surface area contributed by atoms with Crippen LogP contribution in [0.15, 0.2) is 67.0 Å². The fourth-order valence-electron chi connectivity index (χ4n) is 3.76. The van der Waals surface area contributed by atoms with Crippen LogP contribution in [0.25, 0.3) is 11.0 Å². The molecule has 6 heteroatoms. The molecule has 1 N–H and O–H groups in total. The van der Waals surface area contributed by atoms with Crippen LogP contribution in [0.4, 0.5) is 0 Å². The Balaban J connectivity index is 1.51. The third kappa shape index (κ3) is 4.80. The zero-order valence-electron chi connectivity index (χ0n) is 18.7. The number of fused-ring (bicyclic) bond motifs is 1. The van der Waals surface area contributed by atoms with Crippen molar-refractivity contribution in [3.05, 3.63) is 89.5 Å². The Morgan fingerprint density at radius 2 is 1.88 bits per heavy atom. The van der Waals surface area contributed by atoms with Crippen molar-refractivity contribution in [2.24, 2.45) is 0 Å². The normalized spacial score (nSPS) is 11.1. The standard InChI is InChI=1S/C26H28N4O2/c1-18(2)21-9-8-19(3)16-24(21)32-15-14-30-23-7-5-4-6-22(23)29-25(30)17-28-26(31)20-10-12-27-13-11-20/h4-13,16,18H,14-15,17H2,1-3H3,(H,28,31). The second kappa shape index (κ2) is 9.64. The average molecular weight is 429 g/mol. The van der Waals surface area contributed by atoms with Crippen molar-refractivity contribution in [3.63, 3.8) is 0 Å². The lowest BCUT2D eigenvalue weighted by Crippen LogP contribution is -2.25. The van der Waals surface area contributed by atoms with Crippen molar-refractivity contribution in [1.82, 2.24) is 19.9 Å². The summed E-state index contributed by atoms with van der Waals surface area (Å²) in [4.78, 5) is 21.2. The lowest BCUT2D eigenvalue weighted by Gasteiger charge is -2.16. The summed E-state index contributed by atoms with van der Waals surface area (Å²) in [5.41, 5.74) is 4.89. The van der Waals surface area contributed by atoms with Crippen LogP contribution >= 0.6 is 0 Å². The molecule has 0 aliphatic carbocycles. The van der Waals surface area contributed by atoms with Crippen molar-refractivity contribution in [1.29, 1.82) is 0 Å². The maximum Gasteiger partial charge on any atom is 0.251 e. The minimum absolute atomic E-state index is 0.149. The Bertz CT molecular complexity index is 1220. The molecule has 2 aromatic carbocycles. The number of ether oxygens (including phenoxy) is 1. The van der Waals surface area contributed by atoms with Crippen LogP contribution in [-0.4, -0.2) is 27.0 Å². The molecule has 32 heavy (non-hydrogen) atoms. The third-order valence-corrected chi connectivity index (χ3v) is 5.45. The van der Waals surface area contributed by atoms with E-state index in [4.69, 9.17) is 9.72 Å². The predicted molar refractivity (Wildman–Crippen MR) is 126 cm³/mol. The minimum atomic E-state index is -0.149. The topological polar surface area (TPSA) is 69.0 Å². The molecule has 6 nitrogen and oxygen atoms in total. The molecule has 0 spiro atoms. The highest BCUT2D eigenvalue weighted by molar-refractivity contribution is 5.93. The van der Waals surface area contributed by atoms with Gasteiger partial charge in [-0.15, -0.1) is 0 Å². The Labute approximate surface area is 188 Å². The molecule has 2 heterocycles. The van der Waals surface area contributed by atoms with Crippen LogP contribution in [0, 0.1) is 6.92 Å². The predicted octanol–water partition coefficient (Wildman–Crippen LogP) is 4.87. The minimum Gasteiger partial charge on any atom is -0.491 e. The number of hydrogen-bond acceptors (Lipinski definition) is 4. The van der Waals surface area contributed by atoms with Gasteiger partial charge < -0.3 is 14.6 Å². The molecule has 4 rings (SSSR count). The van der Waals surface area contributed by atoms with E-state index in [1.807, 2.05) is 24.3 Å². The van der Waals surface area contributed by atoms with Crippen LogP contribution in [0.3, 0.4) is 0 Å². The summed E-state index contributed by atoms with van der Waals surface area (Å²) in [6.45, 7) is 7.89. The summed E-state index contributed by atoms with van der Waals surface area (Å²) in [6.07, 6.45) is 3.22. The zero-order valence-corrected chi connectivity index (χ0v) is 18.7. The molecule has 4 aromatic rings. The number of rotatable bonds is 8. The van der Waals surface area contributed by atoms with Gasteiger partial charge in [0.25, 0.3) is 5.91 Å². The highest BCUT2D eigenvalue weighted by Crippen LogP contribution is 2.27. The van der Waals surface area contributed by atoms with E-state index in [-0.39, 0.29) is 5.91 Å². The number of benzene rings is 2. The number of para-hydroxylation sites is 2. The summed E-state index contributed by atoms with van der Waals surface area (Å²) in [5.74, 6) is 1.96. The first kappa shape index (κ1) is 21.6. The van der Waals surface area contributed by atoms with E-state index >= 15 is 0 Å². The van der Waals surface area contributed by atoms with Gasteiger partial charge in [0.2, 0.25) is 0 Å². The van der Waals surface area contributed by atoms with Gasteiger partial charge in [-0.3, -0.25) is 9.78 Å². The quantitative estimate of drug-likeness (QED) is 0.435. The van der Waals surface area contributed by atoms with Gasteiger partial charge >= 0.3 is 0 Å². The molecule has 0 atom stereocenters. The first-order chi connectivity index (χ1) is 15.5. The smallest absolute Gasteiger partial charge is 0.251 e. The van der Waals surface area contributed by atoms with Crippen molar-refractivity contribution < 1.29 is 9.53 Å². The molecule has 2 aromatic heterocycles. The third-order valence-electron chi connectivity index (χ3n) is 5.45. The summed E-state index contributed by atoms with van der Waals surface area (Å²) < 4.78 is 8.33. The summed E-state index contributed by atoms with van der Waals surface area (Å²) in [7, 11) is 0. The number of carbonyl (C=O) groups is 1. The second-order valence-corrected chi connectivity index (χ2v) is 8.13. The molecule has 0 aliphatic rings. The van der Waals surface area contributed by atoms with E-state index in [9.17, 15) is 4.79 Å². The van der Waals surface area contributed by atoms with Gasteiger partial charge in [0.05, 0.1) is 24.1 Å². The van der Waals surface area contributed by atoms with Crippen LogP contribution in [0.5, 0.6) is 5.75 Å². The Morgan fingerprint density at radius 1 is 1.09 bits per heavy atom. The van der Waals surface area contributed by atoms with Gasteiger partial charge in [0.1, 0.15) is 18.2 Å². The molecule has 0 saturated heterocycles. The molecular formula is C26H28N4O2. The summed E-state index contributed by atoms with van der Waals surface area (Å²) >= 11 is 0. The molecule has 0 bridgehead atoms. The van der Waals surface area contributed by atoms with Gasteiger partial charge in [-0.05, 0) is 54.3 Å². The first-order valence-corrected chi connectivity index (χ1v) is 10.9. The van der Waals surface area contributed by atoms with Gasteiger partial charge in [0, 0.05) is 18.0 Å². The average Bonchev–Trinajstić information content (AvgIpc) is 3.15. The SMILES string of the molecule is Cc1ccc(C(C)C)c(OCCn2c(CNC(=O)c3ccncc3)nc3ccccc32)c1. The summed E-state index contributed by atoms with van der Waals surface area (Å²) in [5, 5.41) is 2.97. The van der Waals surface area contributed by atoms with E-state index in [1.165, 1.54) is 11.1 Å². The lowest BCUT2D eigenvalue weighted by atomic mass is 10.0. The molecule has 0 aliphatic heterocycles. The van der Waals surface area contributed by atoms with E-state index in [0.29, 0.717) is 31.2 Å². The number of nitrogens with zero attached hydrogens (tertiary/aromatic N) is 3.